The van der Waals surface area contributed by atoms with Gasteiger partial charge in [0.2, 0.25) is 0 Å². The molecule has 1 saturated heterocycles. The molecule has 1 N–H and O–H groups in total. The maximum Gasteiger partial charge on any atom is 0.322 e. The van der Waals surface area contributed by atoms with E-state index in [1.807, 2.05) is 29.2 Å². The van der Waals surface area contributed by atoms with Crippen LogP contribution in [0.4, 0.5) is 10.5 Å². The van der Waals surface area contributed by atoms with E-state index in [1.165, 1.54) is 0 Å². The summed E-state index contributed by atoms with van der Waals surface area (Å²) in [7, 11) is 1.66. The molecule has 1 aromatic carbocycles. The molecule has 4 nitrogen and oxygen atoms in total. The highest BCUT2D eigenvalue weighted by Gasteiger charge is 2.17. The summed E-state index contributed by atoms with van der Waals surface area (Å²) in [6.45, 7) is 1.39. The lowest BCUT2D eigenvalue weighted by atomic mass is 10.2. The molecule has 5 heteroatoms. The molecular weight excluding hydrogens is 236 g/mol. The Morgan fingerprint density at radius 3 is 3.18 bits per heavy atom. The minimum atomic E-state index is -0.0235. The first-order valence-corrected chi connectivity index (χ1v) is 6.66. The molecular formula is C12H16N2O2S. The van der Waals surface area contributed by atoms with Gasteiger partial charge in [-0.15, -0.1) is 11.8 Å². The van der Waals surface area contributed by atoms with E-state index in [-0.39, 0.29) is 6.03 Å². The molecule has 0 bridgehead atoms. The lowest BCUT2D eigenvalue weighted by Gasteiger charge is -2.15. The molecule has 17 heavy (non-hydrogen) atoms. The van der Waals surface area contributed by atoms with E-state index in [1.54, 1.807) is 18.9 Å². The van der Waals surface area contributed by atoms with Gasteiger partial charge in [0, 0.05) is 25.1 Å². The summed E-state index contributed by atoms with van der Waals surface area (Å²) in [6.07, 6.45) is 0. The SMILES string of the molecule is COCc1cccc(NC(=O)N2CCSC2)c1. The van der Waals surface area contributed by atoms with E-state index in [9.17, 15) is 4.79 Å². The predicted octanol–water partition coefficient (Wildman–Crippen LogP) is 2.37. The number of hydrogen-bond donors (Lipinski definition) is 1. The van der Waals surface area contributed by atoms with Crippen LogP contribution < -0.4 is 5.32 Å². The average molecular weight is 252 g/mol. The van der Waals surface area contributed by atoms with E-state index < -0.39 is 0 Å². The first-order chi connectivity index (χ1) is 8.29. The normalized spacial score (nSPS) is 15.0. The minimum absolute atomic E-state index is 0.0235. The van der Waals surface area contributed by atoms with Crippen molar-refractivity contribution in [1.82, 2.24) is 4.90 Å². The molecule has 0 aliphatic carbocycles. The first kappa shape index (κ1) is 12.3. The molecule has 1 fully saturated rings. The fraction of sp³-hybridized carbons (Fsp3) is 0.417. The maximum atomic E-state index is 11.9. The van der Waals surface area contributed by atoms with Crippen LogP contribution >= 0.6 is 11.8 Å². The van der Waals surface area contributed by atoms with Gasteiger partial charge < -0.3 is 15.0 Å². The number of anilines is 1. The van der Waals surface area contributed by atoms with Gasteiger partial charge in [-0.25, -0.2) is 4.79 Å². The Morgan fingerprint density at radius 1 is 1.59 bits per heavy atom. The Balaban J connectivity index is 1.97. The third-order valence-corrected chi connectivity index (χ3v) is 3.49. The molecule has 0 unspecified atom stereocenters. The lowest BCUT2D eigenvalue weighted by Crippen LogP contribution is -2.32. The van der Waals surface area contributed by atoms with Crippen LogP contribution in [0.3, 0.4) is 0 Å². The summed E-state index contributed by atoms with van der Waals surface area (Å²) in [5.41, 5.74) is 1.88. The van der Waals surface area contributed by atoms with Gasteiger partial charge in [0.25, 0.3) is 0 Å². The number of carbonyl (C=O) groups excluding carboxylic acids is 1. The average Bonchev–Trinajstić information content (AvgIpc) is 2.83. The number of methoxy groups -OCH3 is 1. The Morgan fingerprint density at radius 2 is 2.47 bits per heavy atom. The van der Waals surface area contributed by atoms with Gasteiger partial charge in [0.05, 0.1) is 12.5 Å². The van der Waals surface area contributed by atoms with Gasteiger partial charge in [0.15, 0.2) is 0 Å². The highest BCUT2D eigenvalue weighted by molar-refractivity contribution is 7.99. The van der Waals surface area contributed by atoms with Crippen molar-refractivity contribution in [3.8, 4) is 0 Å². The van der Waals surface area contributed by atoms with Crippen molar-refractivity contribution < 1.29 is 9.53 Å². The minimum Gasteiger partial charge on any atom is -0.380 e. The molecule has 2 amide bonds. The Hall–Kier alpha value is -1.20. The van der Waals surface area contributed by atoms with Gasteiger partial charge in [-0.3, -0.25) is 0 Å². The van der Waals surface area contributed by atoms with Crippen molar-refractivity contribution in [1.29, 1.82) is 0 Å². The van der Waals surface area contributed by atoms with Crippen LogP contribution in [0.25, 0.3) is 0 Å². The number of carbonyl (C=O) groups is 1. The summed E-state index contributed by atoms with van der Waals surface area (Å²) in [4.78, 5) is 13.7. The van der Waals surface area contributed by atoms with Crippen molar-refractivity contribution in [2.45, 2.75) is 6.61 Å². The number of urea groups is 1. The summed E-state index contributed by atoms with van der Waals surface area (Å²) in [5.74, 6) is 1.81. The molecule has 0 radical (unpaired) electrons. The molecule has 2 rings (SSSR count). The zero-order chi connectivity index (χ0) is 12.1. The second-order valence-corrected chi connectivity index (χ2v) is 4.94. The number of nitrogens with zero attached hydrogens (tertiary/aromatic N) is 1. The quantitative estimate of drug-likeness (QED) is 0.898. The molecule has 1 aliphatic heterocycles. The van der Waals surface area contributed by atoms with Crippen LogP contribution in [0.1, 0.15) is 5.56 Å². The van der Waals surface area contributed by atoms with Crippen molar-refractivity contribution in [3.05, 3.63) is 29.8 Å². The monoisotopic (exact) mass is 252 g/mol. The summed E-state index contributed by atoms with van der Waals surface area (Å²) in [6, 6.07) is 7.70. The zero-order valence-corrected chi connectivity index (χ0v) is 10.6. The smallest absolute Gasteiger partial charge is 0.322 e. The molecule has 1 aromatic rings. The fourth-order valence-corrected chi connectivity index (χ4v) is 2.63. The van der Waals surface area contributed by atoms with Crippen molar-refractivity contribution in [2.24, 2.45) is 0 Å². The van der Waals surface area contributed by atoms with Gasteiger partial charge in [-0.05, 0) is 17.7 Å². The third kappa shape index (κ3) is 3.38. The van der Waals surface area contributed by atoms with Crippen LogP contribution in [0.15, 0.2) is 24.3 Å². The fourth-order valence-electron chi connectivity index (χ4n) is 1.68. The molecule has 0 saturated carbocycles. The van der Waals surface area contributed by atoms with Gasteiger partial charge in [-0.2, -0.15) is 0 Å². The first-order valence-electron chi connectivity index (χ1n) is 5.51. The number of hydrogen-bond acceptors (Lipinski definition) is 3. The standard InChI is InChI=1S/C12H16N2O2S/c1-16-8-10-3-2-4-11(7-10)13-12(15)14-5-6-17-9-14/h2-4,7H,5-6,8-9H2,1H3,(H,13,15). The highest BCUT2D eigenvalue weighted by atomic mass is 32.2. The van der Waals surface area contributed by atoms with Crippen LogP contribution in [-0.4, -0.2) is 36.2 Å². The Kier molecular flexibility index (Phi) is 4.28. The second-order valence-electron chi connectivity index (χ2n) is 3.86. The van der Waals surface area contributed by atoms with Crippen LogP contribution in [0.5, 0.6) is 0 Å². The third-order valence-electron chi connectivity index (χ3n) is 2.53. The molecule has 0 aromatic heterocycles. The number of ether oxygens (including phenoxy) is 1. The lowest BCUT2D eigenvalue weighted by molar-refractivity contribution is 0.185. The van der Waals surface area contributed by atoms with Crippen molar-refractivity contribution in [3.63, 3.8) is 0 Å². The van der Waals surface area contributed by atoms with Crippen LogP contribution in [0, 0.1) is 0 Å². The van der Waals surface area contributed by atoms with Crippen molar-refractivity contribution in [2.75, 3.05) is 30.6 Å². The number of benzene rings is 1. The summed E-state index contributed by atoms with van der Waals surface area (Å²) >= 11 is 1.78. The molecule has 0 atom stereocenters. The molecule has 0 spiro atoms. The second kappa shape index (κ2) is 5.93. The topological polar surface area (TPSA) is 41.6 Å². The van der Waals surface area contributed by atoms with Crippen LogP contribution in [-0.2, 0) is 11.3 Å². The van der Waals surface area contributed by atoms with Crippen LogP contribution in [0.2, 0.25) is 0 Å². The highest BCUT2D eigenvalue weighted by Crippen LogP contribution is 2.16. The molecule has 1 aliphatic rings. The Labute approximate surface area is 105 Å². The van der Waals surface area contributed by atoms with Gasteiger partial charge in [-0.1, -0.05) is 12.1 Å². The van der Waals surface area contributed by atoms with E-state index in [4.69, 9.17) is 4.74 Å². The van der Waals surface area contributed by atoms with E-state index in [2.05, 4.69) is 5.32 Å². The van der Waals surface area contributed by atoms with E-state index in [0.717, 1.165) is 29.4 Å². The van der Waals surface area contributed by atoms with Crippen molar-refractivity contribution >= 4 is 23.5 Å². The maximum absolute atomic E-state index is 11.9. The molecule has 1 heterocycles. The Bertz CT molecular complexity index is 392. The number of nitrogens with one attached hydrogen (secondary N) is 1. The van der Waals surface area contributed by atoms with E-state index >= 15 is 0 Å². The number of amides is 2. The zero-order valence-electron chi connectivity index (χ0n) is 9.81. The summed E-state index contributed by atoms with van der Waals surface area (Å²) in [5, 5.41) is 2.90. The molecule has 92 valence electrons. The summed E-state index contributed by atoms with van der Waals surface area (Å²) < 4.78 is 5.06. The van der Waals surface area contributed by atoms with Gasteiger partial charge >= 0.3 is 6.03 Å². The largest absolute Gasteiger partial charge is 0.380 e. The van der Waals surface area contributed by atoms with E-state index in [0.29, 0.717) is 6.61 Å². The van der Waals surface area contributed by atoms with Gasteiger partial charge in [0.1, 0.15) is 0 Å². The number of rotatable bonds is 3. The number of thioether (sulfide) groups is 1. The predicted molar refractivity (Wildman–Crippen MR) is 70.2 cm³/mol.